The molecule has 0 aromatic heterocycles. The molecule has 0 spiro atoms. The van der Waals surface area contributed by atoms with E-state index in [1.165, 1.54) is 24.3 Å². The molecule has 124 valence electrons. The molecule has 1 heterocycles. The minimum atomic E-state index is -1.08. The second kappa shape index (κ2) is 6.31. The van der Waals surface area contributed by atoms with E-state index in [0.29, 0.717) is 5.75 Å². The molecule has 1 N–H and O–H groups in total. The molecule has 1 fully saturated rings. The lowest BCUT2D eigenvalue weighted by Gasteiger charge is -2.22. The van der Waals surface area contributed by atoms with Crippen LogP contribution in [0.2, 0.25) is 0 Å². The summed E-state index contributed by atoms with van der Waals surface area (Å²) in [7, 11) is 0. The number of amides is 3. The molecule has 3 amide bonds. The second-order valence-electron chi connectivity index (χ2n) is 5.68. The number of halogens is 1. The van der Waals surface area contributed by atoms with Crippen LogP contribution >= 0.6 is 0 Å². The zero-order chi connectivity index (χ0) is 17.2. The first-order valence-electron chi connectivity index (χ1n) is 7.59. The lowest BCUT2D eigenvalue weighted by Crippen LogP contribution is -2.41. The number of urea groups is 1. The monoisotopic (exact) mass is 328 g/mol. The normalized spacial score (nSPS) is 20.2. The fraction of sp³-hybridized carbons (Fsp3) is 0.222. The van der Waals surface area contributed by atoms with Gasteiger partial charge in [0.25, 0.3) is 5.91 Å². The van der Waals surface area contributed by atoms with Crippen LogP contribution in [0.4, 0.5) is 9.18 Å². The first kappa shape index (κ1) is 16.0. The summed E-state index contributed by atoms with van der Waals surface area (Å²) in [5.41, 5.74) is -0.348. The fourth-order valence-electron chi connectivity index (χ4n) is 2.65. The average molecular weight is 328 g/mol. The Morgan fingerprint density at radius 3 is 2.42 bits per heavy atom. The number of carbonyl (C=O) groups is 2. The third-order valence-electron chi connectivity index (χ3n) is 4.02. The standard InChI is InChI=1S/C18H17FN2O3/c1-18(13-5-3-2-4-6-13)16(22)21(17(23)20-18)11-12-24-15-9-7-14(19)8-10-15/h2-10H,11-12H2,1H3,(H,20,23)/t18-/m0/s1. The lowest BCUT2D eigenvalue weighted by molar-refractivity contribution is -0.131. The number of hydrogen-bond donors (Lipinski definition) is 1. The van der Waals surface area contributed by atoms with Crippen LogP contribution in [0.1, 0.15) is 12.5 Å². The number of carbonyl (C=O) groups excluding carboxylic acids is 2. The first-order valence-corrected chi connectivity index (χ1v) is 7.59. The molecule has 1 atom stereocenters. The maximum atomic E-state index is 12.8. The van der Waals surface area contributed by atoms with Crippen LogP contribution < -0.4 is 10.1 Å². The van der Waals surface area contributed by atoms with Crippen LogP contribution in [0.15, 0.2) is 54.6 Å². The van der Waals surface area contributed by atoms with E-state index in [-0.39, 0.29) is 24.9 Å². The first-order chi connectivity index (χ1) is 11.5. The Labute approximate surface area is 139 Å². The van der Waals surface area contributed by atoms with Crippen molar-refractivity contribution in [2.75, 3.05) is 13.2 Å². The van der Waals surface area contributed by atoms with Gasteiger partial charge in [-0.15, -0.1) is 0 Å². The highest BCUT2D eigenvalue weighted by Crippen LogP contribution is 2.28. The molecule has 1 aliphatic rings. The number of hydrogen-bond acceptors (Lipinski definition) is 3. The van der Waals surface area contributed by atoms with Crippen molar-refractivity contribution < 1.29 is 18.7 Å². The van der Waals surface area contributed by atoms with Crippen LogP contribution in [0.3, 0.4) is 0 Å². The van der Waals surface area contributed by atoms with Crippen molar-refractivity contribution in [1.29, 1.82) is 0 Å². The Morgan fingerprint density at radius 2 is 1.75 bits per heavy atom. The number of benzene rings is 2. The quantitative estimate of drug-likeness (QED) is 0.859. The van der Waals surface area contributed by atoms with Gasteiger partial charge >= 0.3 is 6.03 Å². The summed E-state index contributed by atoms with van der Waals surface area (Å²) in [5.74, 6) is -0.189. The van der Waals surface area contributed by atoms with Crippen molar-refractivity contribution in [2.45, 2.75) is 12.5 Å². The fourth-order valence-corrected chi connectivity index (χ4v) is 2.65. The highest BCUT2D eigenvalue weighted by Gasteiger charge is 2.48. The van der Waals surface area contributed by atoms with E-state index in [0.717, 1.165) is 10.5 Å². The largest absolute Gasteiger partial charge is 0.492 e. The maximum Gasteiger partial charge on any atom is 0.325 e. The van der Waals surface area contributed by atoms with Crippen molar-refractivity contribution >= 4 is 11.9 Å². The SMILES string of the molecule is C[C@@]1(c2ccccc2)NC(=O)N(CCOc2ccc(F)cc2)C1=O. The van der Waals surface area contributed by atoms with Crippen LogP contribution in [-0.2, 0) is 10.3 Å². The van der Waals surface area contributed by atoms with E-state index in [1.54, 1.807) is 19.1 Å². The minimum Gasteiger partial charge on any atom is -0.492 e. The summed E-state index contributed by atoms with van der Waals surface area (Å²) in [4.78, 5) is 25.9. The average Bonchev–Trinajstić information content (AvgIpc) is 2.81. The summed E-state index contributed by atoms with van der Waals surface area (Å²) < 4.78 is 18.3. The molecule has 24 heavy (non-hydrogen) atoms. The molecule has 0 bridgehead atoms. The van der Waals surface area contributed by atoms with Gasteiger partial charge in [0, 0.05) is 0 Å². The van der Waals surface area contributed by atoms with Crippen molar-refractivity contribution in [3.05, 3.63) is 66.0 Å². The van der Waals surface area contributed by atoms with Crippen molar-refractivity contribution in [2.24, 2.45) is 0 Å². The third kappa shape index (κ3) is 2.95. The molecule has 0 saturated carbocycles. The Morgan fingerprint density at radius 1 is 1.08 bits per heavy atom. The predicted octanol–water partition coefficient (Wildman–Crippen LogP) is 2.67. The molecular weight excluding hydrogens is 311 g/mol. The highest BCUT2D eigenvalue weighted by atomic mass is 19.1. The highest BCUT2D eigenvalue weighted by molar-refractivity contribution is 6.07. The van der Waals surface area contributed by atoms with Crippen LogP contribution in [0, 0.1) is 5.82 Å². The zero-order valence-corrected chi connectivity index (χ0v) is 13.2. The van der Waals surface area contributed by atoms with Crippen molar-refractivity contribution in [3.63, 3.8) is 0 Å². The van der Waals surface area contributed by atoms with Gasteiger partial charge < -0.3 is 10.1 Å². The van der Waals surface area contributed by atoms with Gasteiger partial charge in [0.1, 0.15) is 23.7 Å². The zero-order valence-electron chi connectivity index (χ0n) is 13.2. The van der Waals surface area contributed by atoms with Gasteiger partial charge in [0.2, 0.25) is 0 Å². The topological polar surface area (TPSA) is 58.6 Å². The Bertz CT molecular complexity index is 749. The van der Waals surface area contributed by atoms with E-state index in [1.807, 2.05) is 18.2 Å². The number of nitrogens with zero attached hydrogens (tertiary/aromatic N) is 1. The molecule has 2 aromatic carbocycles. The summed E-state index contributed by atoms with van der Waals surface area (Å²) in [6.45, 7) is 1.93. The van der Waals surface area contributed by atoms with E-state index in [2.05, 4.69) is 5.32 Å². The molecule has 1 saturated heterocycles. The molecule has 2 aromatic rings. The number of rotatable bonds is 5. The van der Waals surface area contributed by atoms with Crippen LogP contribution in [0.5, 0.6) is 5.75 Å². The third-order valence-corrected chi connectivity index (χ3v) is 4.02. The molecule has 5 nitrogen and oxygen atoms in total. The Hall–Kier alpha value is -2.89. The van der Waals surface area contributed by atoms with Gasteiger partial charge in [0.05, 0.1) is 6.54 Å². The van der Waals surface area contributed by atoms with Gasteiger partial charge in [-0.05, 0) is 36.8 Å². The predicted molar refractivity (Wildman–Crippen MR) is 85.9 cm³/mol. The number of ether oxygens (including phenoxy) is 1. The van der Waals surface area contributed by atoms with E-state index >= 15 is 0 Å². The van der Waals surface area contributed by atoms with E-state index in [9.17, 15) is 14.0 Å². The van der Waals surface area contributed by atoms with E-state index < -0.39 is 11.6 Å². The molecular formula is C18H17FN2O3. The van der Waals surface area contributed by atoms with Crippen molar-refractivity contribution in [3.8, 4) is 5.75 Å². The summed E-state index contributed by atoms with van der Waals surface area (Å²) >= 11 is 0. The van der Waals surface area contributed by atoms with Crippen molar-refractivity contribution in [1.82, 2.24) is 10.2 Å². The van der Waals surface area contributed by atoms with Gasteiger partial charge in [-0.3, -0.25) is 9.69 Å². The smallest absolute Gasteiger partial charge is 0.325 e. The summed E-state index contributed by atoms with van der Waals surface area (Å²) in [5, 5.41) is 2.73. The van der Waals surface area contributed by atoms with Crippen LogP contribution in [0.25, 0.3) is 0 Å². The van der Waals surface area contributed by atoms with Gasteiger partial charge in [-0.2, -0.15) is 0 Å². The summed E-state index contributed by atoms with van der Waals surface area (Å²) in [6, 6.07) is 14.2. The van der Waals surface area contributed by atoms with Gasteiger partial charge in [0.15, 0.2) is 0 Å². The van der Waals surface area contributed by atoms with Crippen LogP contribution in [-0.4, -0.2) is 30.0 Å². The molecule has 0 aliphatic carbocycles. The van der Waals surface area contributed by atoms with Gasteiger partial charge in [-0.1, -0.05) is 30.3 Å². The maximum absolute atomic E-state index is 12.8. The molecule has 0 unspecified atom stereocenters. The number of imide groups is 1. The summed E-state index contributed by atoms with van der Waals surface area (Å²) in [6.07, 6.45) is 0. The van der Waals surface area contributed by atoms with E-state index in [4.69, 9.17) is 4.74 Å². The lowest BCUT2D eigenvalue weighted by atomic mass is 9.92. The van der Waals surface area contributed by atoms with Gasteiger partial charge in [-0.25, -0.2) is 9.18 Å². The minimum absolute atomic E-state index is 0.116. The molecule has 3 rings (SSSR count). The molecule has 6 heteroatoms. The molecule has 0 radical (unpaired) electrons. The Kier molecular flexibility index (Phi) is 4.20. The molecule has 1 aliphatic heterocycles. The Balaban J connectivity index is 1.65. The number of nitrogens with one attached hydrogen (secondary N) is 1. The second-order valence-corrected chi connectivity index (χ2v) is 5.68.